The lowest BCUT2D eigenvalue weighted by Crippen LogP contribution is -2.11. The molecule has 0 radical (unpaired) electrons. The van der Waals surface area contributed by atoms with Gasteiger partial charge in [0.1, 0.15) is 11.4 Å². The summed E-state index contributed by atoms with van der Waals surface area (Å²) in [5.41, 5.74) is 0.391. The maximum atomic E-state index is 11.6. The number of ether oxygens (including phenoxy) is 1. The SMILES string of the molecule is C=C(Cl)CNc1ncccc1C(=O)OCC. The lowest BCUT2D eigenvalue weighted by atomic mass is 10.2. The Morgan fingerprint density at radius 1 is 1.69 bits per heavy atom. The van der Waals surface area contributed by atoms with Gasteiger partial charge >= 0.3 is 5.97 Å². The Balaban J connectivity index is 2.82. The summed E-state index contributed by atoms with van der Waals surface area (Å²) in [7, 11) is 0. The Morgan fingerprint density at radius 3 is 3.06 bits per heavy atom. The second kappa shape index (κ2) is 6.12. The molecule has 0 saturated heterocycles. The molecule has 0 aliphatic heterocycles. The van der Waals surface area contributed by atoms with E-state index in [9.17, 15) is 4.79 Å². The van der Waals surface area contributed by atoms with E-state index >= 15 is 0 Å². The number of rotatable bonds is 5. The predicted molar refractivity (Wildman–Crippen MR) is 63.7 cm³/mol. The fourth-order valence-corrected chi connectivity index (χ4v) is 1.17. The van der Waals surface area contributed by atoms with Crippen LogP contribution in [0, 0.1) is 0 Å². The molecule has 4 nitrogen and oxygen atoms in total. The predicted octanol–water partition coefficient (Wildman–Crippen LogP) is 2.42. The largest absolute Gasteiger partial charge is 0.462 e. The summed E-state index contributed by atoms with van der Waals surface area (Å²) < 4.78 is 4.90. The number of anilines is 1. The molecule has 0 aromatic carbocycles. The zero-order chi connectivity index (χ0) is 12.0. The smallest absolute Gasteiger partial charge is 0.341 e. The molecule has 1 aromatic heterocycles. The summed E-state index contributed by atoms with van der Waals surface area (Å²) in [6.07, 6.45) is 1.59. The number of nitrogens with zero attached hydrogens (tertiary/aromatic N) is 1. The third-order valence-electron chi connectivity index (χ3n) is 1.75. The van der Waals surface area contributed by atoms with Crippen LogP contribution in [0.2, 0.25) is 0 Å². The molecule has 0 amide bonds. The molecule has 16 heavy (non-hydrogen) atoms. The van der Waals surface area contributed by atoms with Gasteiger partial charge in [-0.15, -0.1) is 0 Å². The first-order valence-corrected chi connectivity index (χ1v) is 5.22. The first kappa shape index (κ1) is 12.5. The van der Waals surface area contributed by atoms with Gasteiger partial charge in [-0.3, -0.25) is 0 Å². The van der Waals surface area contributed by atoms with Crippen molar-refractivity contribution in [3.63, 3.8) is 0 Å². The fourth-order valence-electron chi connectivity index (χ4n) is 1.10. The standard InChI is InChI=1S/C11H13ClN2O2/c1-3-16-11(15)9-5-4-6-13-10(9)14-7-8(2)12/h4-6H,2-3,7H2,1H3,(H,13,14). The third-order valence-corrected chi connectivity index (χ3v) is 1.88. The van der Waals surface area contributed by atoms with Crippen LogP contribution in [0.5, 0.6) is 0 Å². The van der Waals surface area contributed by atoms with E-state index in [4.69, 9.17) is 16.3 Å². The normalized spacial score (nSPS) is 9.62. The molecule has 0 bridgehead atoms. The summed E-state index contributed by atoms with van der Waals surface area (Å²) in [4.78, 5) is 15.6. The van der Waals surface area contributed by atoms with Crippen LogP contribution in [0.3, 0.4) is 0 Å². The van der Waals surface area contributed by atoms with E-state index in [1.54, 1.807) is 25.3 Å². The second-order valence-electron chi connectivity index (χ2n) is 2.99. The van der Waals surface area contributed by atoms with E-state index in [2.05, 4.69) is 16.9 Å². The van der Waals surface area contributed by atoms with Gasteiger partial charge in [-0.1, -0.05) is 18.2 Å². The minimum Gasteiger partial charge on any atom is -0.462 e. The van der Waals surface area contributed by atoms with Crippen molar-refractivity contribution in [2.24, 2.45) is 0 Å². The van der Waals surface area contributed by atoms with Gasteiger partial charge in [0.05, 0.1) is 13.2 Å². The zero-order valence-electron chi connectivity index (χ0n) is 9.00. The molecular weight excluding hydrogens is 228 g/mol. The Labute approximate surface area is 99.3 Å². The number of carbonyl (C=O) groups is 1. The van der Waals surface area contributed by atoms with Gasteiger partial charge in [0, 0.05) is 11.2 Å². The van der Waals surface area contributed by atoms with E-state index in [1.807, 2.05) is 0 Å². The van der Waals surface area contributed by atoms with Crippen molar-refractivity contribution in [3.05, 3.63) is 35.5 Å². The highest BCUT2D eigenvalue weighted by molar-refractivity contribution is 6.29. The monoisotopic (exact) mass is 240 g/mol. The van der Waals surface area contributed by atoms with Crippen molar-refractivity contribution in [2.75, 3.05) is 18.5 Å². The summed E-state index contributed by atoms with van der Waals surface area (Å²) >= 11 is 5.62. The number of esters is 1. The average Bonchev–Trinajstić information content (AvgIpc) is 2.27. The lowest BCUT2D eigenvalue weighted by molar-refractivity contribution is 0.0527. The fraction of sp³-hybridized carbons (Fsp3) is 0.273. The molecule has 1 aromatic rings. The Hall–Kier alpha value is -1.55. The third kappa shape index (κ3) is 3.55. The highest BCUT2D eigenvalue weighted by Crippen LogP contribution is 2.13. The number of hydrogen-bond donors (Lipinski definition) is 1. The molecule has 1 N–H and O–H groups in total. The summed E-state index contributed by atoms with van der Waals surface area (Å²) in [6, 6.07) is 3.32. The number of aromatic nitrogens is 1. The highest BCUT2D eigenvalue weighted by atomic mass is 35.5. The highest BCUT2D eigenvalue weighted by Gasteiger charge is 2.12. The number of hydrogen-bond acceptors (Lipinski definition) is 4. The molecule has 0 spiro atoms. The van der Waals surface area contributed by atoms with Gasteiger partial charge in [0.2, 0.25) is 0 Å². The Kier molecular flexibility index (Phi) is 4.79. The van der Waals surface area contributed by atoms with E-state index < -0.39 is 5.97 Å². The average molecular weight is 241 g/mol. The van der Waals surface area contributed by atoms with Crippen molar-refractivity contribution >= 4 is 23.4 Å². The lowest BCUT2D eigenvalue weighted by Gasteiger charge is -2.09. The molecular formula is C11H13ClN2O2. The molecule has 0 aliphatic rings. The van der Waals surface area contributed by atoms with Crippen molar-refractivity contribution in [1.82, 2.24) is 4.98 Å². The van der Waals surface area contributed by atoms with E-state index in [0.29, 0.717) is 29.6 Å². The van der Waals surface area contributed by atoms with Gasteiger partial charge < -0.3 is 10.1 Å². The summed E-state index contributed by atoms with van der Waals surface area (Å²) in [5, 5.41) is 3.35. The van der Waals surface area contributed by atoms with Crippen molar-refractivity contribution < 1.29 is 9.53 Å². The molecule has 5 heteroatoms. The van der Waals surface area contributed by atoms with E-state index in [1.165, 1.54) is 0 Å². The van der Waals surface area contributed by atoms with Crippen LogP contribution in [0.1, 0.15) is 17.3 Å². The minimum atomic E-state index is -0.404. The molecule has 0 saturated carbocycles. The maximum Gasteiger partial charge on any atom is 0.341 e. The number of halogens is 1. The number of carbonyl (C=O) groups excluding carboxylic acids is 1. The molecule has 1 rings (SSSR count). The second-order valence-corrected chi connectivity index (χ2v) is 3.53. The van der Waals surface area contributed by atoms with Crippen molar-refractivity contribution in [2.45, 2.75) is 6.92 Å². The van der Waals surface area contributed by atoms with Crippen LogP contribution in [0.15, 0.2) is 29.9 Å². The number of nitrogens with one attached hydrogen (secondary N) is 1. The topological polar surface area (TPSA) is 51.2 Å². The Morgan fingerprint density at radius 2 is 2.44 bits per heavy atom. The van der Waals surface area contributed by atoms with Crippen LogP contribution < -0.4 is 5.32 Å². The van der Waals surface area contributed by atoms with Crippen LogP contribution in [0.4, 0.5) is 5.82 Å². The molecule has 0 unspecified atom stereocenters. The molecule has 0 aliphatic carbocycles. The van der Waals surface area contributed by atoms with E-state index in [0.717, 1.165) is 0 Å². The summed E-state index contributed by atoms with van der Waals surface area (Å²) in [5.74, 6) is 0.0426. The first-order chi connectivity index (χ1) is 7.65. The molecule has 86 valence electrons. The van der Waals surface area contributed by atoms with Gasteiger partial charge in [0.15, 0.2) is 0 Å². The summed E-state index contributed by atoms with van der Waals surface area (Å²) in [6.45, 7) is 5.97. The van der Waals surface area contributed by atoms with Crippen molar-refractivity contribution in [1.29, 1.82) is 0 Å². The van der Waals surface area contributed by atoms with Crippen molar-refractivity contribution in [3.8, 4) is 0 Å². The molecule has 1 heterocycles. The maximum absolute atomic E-state index is 11.6. The zero-order valence-corrected chi connectivity index (χ0v) is 9.75. The van der Waals surface area contributed by atoms with Gasteiger partial charge in [-0.2, -0.15) is 0 Å². The Bertz CT molecular complexity index is 393. The van der Waals surface area contributed by atoms with Crippen LogP contribution in [0.25, 0.3) is 0 Å². The quantitative estimate of drug-likeness (QED) is 0.803. The van der Waals surface area contributed by atoms with Gasteiger partial charge in [-0.05, 0) is 19.1 Å². The van der Waals surface area contributed by atoms with E-state index in [-0.39, 0.29) is 0 Å². The van der Waals surface area contributed by atoms with Crippen LogP contribution in [-0.2, 0) is 4.74 Å². The molecule has 0 fully saturated rings. The van der Waals surface area contributed by atoms with Gasteiger partial charge in [0.25, 0.3) is 0 Å². The number of pyridine rings is 1. The van der Waals surface area contributed by atoms with Crippen LogP contribution in [-0.4, -0.2) is 24.1 Å². The minimum absolute atomic E-state index is 0.329. The first-order valence-electron chi connectivity index (χ1n) is 4.84. The molecule has 0 atom stereocenters. The van der Waals surface area contributed by atoms with Crippen LogP contribution >= 0.6 is 11.6 Å². The van der Waals surface area contributed by atoms with Gasteiger partial charge in [-0.25, -0.2) is 9.78 Å².